The number of hydrogen-bond donors (Lipinski definition) is 1. The van der Waals surface area contributed by atoms with Gasteiger partial charge < -0.3 is 10.1 Å². The van der Waals surface area contributed by atoms with Gasteiger partial charge in [-0.2, -0.15) is 14.9 Å². The highest BCUT2D eigenvalue weighted by Gasteiger charge is 2.18. The lowest BCUT2D eigenvalue weighted by molar-refractivity contribution is 0.370. The van der Waals surface area contributed by atoms with Gasteiger partial charge in [-0.1, -0.05) is 18.5 Å². The number of nitrogens with zero attached hydrogens (tertiary/aromatic N) is 4. The maximum Gasteiger partial charge on any atom is 0.292 e. The van der Waals surface area contributed by atoms with Crippen molar-refractivity contribution in [3.63, 3.8) is 0 Å². The quantitative estimate of drug-likeness (QED) is 0.677. The van der Waals surface area contributed by atoms with Crippen molar-refractivity contribution in [2.24, 2.45) is 7.05 Å². The van der Waals surface area contributed by atoms with Gasteiger partial charge in [-0.05, 0) is 18.6 Å². The minimum absolute atomic E-state index is 0.167. The Hall–Kier alpha value is -2.94. The SMILES string of the molecule is CCc1nn(C)c(OC)c1CNc1cnn(-c2ccc(F)cc2F)c(=O)c1Cl. The fraction of sp³-hybridized carbons (Fsp3) is 0.278. The number of nitrogens with one attached hydrogen (secondary N) is 1. The van der Waals surface area contributed by atoms with Gasteiger partial charge in [0.2, 0.25) is 5.88 Å². The molecule has 0 unspecified atom stereocenters. The zero-order chi connectivity index (χ0) is 20.4. The van der Waals surface area contributed by atoms with Gasteiger partial charge in [0, 0.05) is 19.7 Å². The van der Waals surface area contributed by atoms with E-state index in [2.05, 4.69) is 15.5 Å². The Morgan fingerprint density at radius 1 is 1.32 bits per heavy atom. The molecule has 0 saturated carbocycles. The minimum Gasteiger partial charge on any atom is -0.481 e. The largest absolute Gasteiger partial charge is 0.481 e. The summed E-state index contributed by atoms with van der Waals surface area (Å²) in [6, 6.07) is 2.83. The number of halogens is 3. The van der Waals surface area contributed by atoms with Crippen molar-refractivity contribution in [1.82, 2.24) is 19.6 Å². The van der Waals surface area contributed by atoms with E-state index in [1.165, 1.54) is 6.20 Å². The van der Waals surface area contributed by atoms with Crippen molar-refractivity contribution in [3.05, 3.63) is 62.7 Å². The molecule has 7 nitrogen and oxygen atoms in total. The number of methoxy groups -OCH3 is 1. The summed E-state index contributed by atoms with van der Waals surface area (Å²) in [5.41, 5.74) is 1.03. The summed E-state index contributed by atoms with van der Waals surface area (Å²) >= 11 is 6.17. The van der Waals surface area contributed by atoms with Crippen LogP contribution >= 0.6 is 11.6 Å². The summed E-state index contributed by atoms with van der Waals surface area (Å²) in [4.78, 5) is 12.5. The van der Waals surface area contributed by atoms with Gasteiger partial charge >= 0.3 is 0 Å². The average Bonchev–Trinajstić information content (AvgIpc) is 2.98. The molecule has 3 aromatic rings. The van der Waals surface area contributed by atoms with Gasteiger partial charge in [0.05, 0.1) is 30.3 Å². The first-order chi connectivity index (χ1) is 13.4. The number of anilines is 1. The molecule has 0 bridgehead atoms. The van der Waals surface area contributed by atoms with Crippen LogP contribution in [0.3, 0.4) is 0 Å². The molecule has 0 aliphatic heterocycles. The number of benzene rings is 1. The highest BCUT2D eigenvalue weighted by molar-refractivity contribution is 6.32. The first kappa shape index (κ1) is 19.8. The lowest BCUT2D eigenvalue weighted by atomic mass is 10.2. The van der Waals surface area contributed by atoms with Crippen LogP contribution < -0.4 is 15.6 Å². The fourth-order valence-corrected chi connectivity index (χ4v) is 3.08. The smallest absolute Gasteiger partial charge is 0.292 e. The van der Waals surface area contributed by atoms with E-state index in [0.29, 0.717) is 24.9 Å². The molecule has 148 valence electrons. The molecule has 0 spiro atoms. The summed E-state index contributed by atoms with van der Waals surface area (Å²) in [6.45, 7) is 2.27. The van der Waals surface area contributed by atoms with E-state index >= 15 is 0 Å². The normalized spacial score (nSPS) is 10.9. The lowest BCUT2D eigenvalue weighted by Gasteiger charge is -2.12. The molecule has 0 radical (unpaired) electrons. The summed E-state index contributed by atoms with van der Waals surface area (Å²) in [5, 5.41) is 11.2. The Balaban J connectivity index is 1.92. The molecule has 28 heavy (non-hydrogen) atoms. The Labute approximate surface area is 164 Å². The highest BCUT2D eigenvalue weighted by Crippen LogP contribution is 2.25. The third kappa shape index (κ3) is 3.57. The van der Waals surface area contributed by atoms with E-state index in [0.717, 1.165) is 28.1 Å². The van der Waals surface area contributed by atoms with Crippen LogP contribution in [0.4, 0.5) is 14.5 Å². The molecule has 3 rings (SSSR count). The Kier molecular flexibility index (Phi) is 5.64. The molecule has 0 aliphatic carbocycles. The molecule has 1 aromatic carbocycles. The van der Waals surface area contributed by atoms with Crippen molar-refractivity contribution in [3.8, 4) is 11.6 Å². The van der Waals surface area contributed by atoms with E-state index in [9.17, 15) is 13.6 Å². The summed E-state index contributed by atoms with van der Waals surface area (Å²) in [6.07, 6.45) is 2.01. The van der Waals surface area contributed by atoms with Crippen molar-refractivity contribution in [2.45, 2.75) is 19.9 Å². The topological polar surface area (TPSA) is 74.0 Å². The average molecular weight is 410 g/mol. The number of hydrogen-bond acceptors (Lipinski definition) is 5. The van der Waals surface area contributed by atoms with Crippen LogP contribution in [0.25, 0.3) is 5.69 Å². The van der Waals surface area contributed by atoms with Crippen molar-refractivity contribution in [1.29, 1.82) is 0 Å². The Morgan fingerprint density at radius 3 is 2.71 bits per heavy atom. The van der Waals surface area contributed by atoms with Crippen LogP contribution in [0.15, 0.2) is 29.2 Å². The molecule has 0 atom stereocenters. The molecular weight excluding hydrogens is 392 g/mol. The zero-order valence-corrected chi connectivity index (χ0v) is 16.2. The first-order valence-corrected chi connectivity index (χ1v) is 8.81. The second kappa shape index (κ2) is 7.97. The maximum atomic E-state index is 14.0. The molecule has 2 heterocycles. The minimum atomic E-state index is -0.918. The van der Waals surface area contributed by atoms with Crippen LogP contribution in [-0.4, -0.2) is 26.7 Å². The molecule has 0 aliphatic rings. The van der Waals surface area contributed by atoms with E-state index in [1.54, 1.807) is 18.8 Å². The standard InChI is InChI=1S/C18H18ClF2N5O2/c1-4-13-11(18(28-3)25(2)24-13)8-22-14-9-23-26(17(27)16(14)19)15-6-5-10(20)7-12(15)21/h5-7,9,22H,4,8H2,1-3H3. The first-order valence-electron chi connectivity index (χ1n) is 8.43. The Morgan fingerprint density at radius 2 is 2.07 bits per heavy atom. The van der Waals surface area contributed by atoms with Crippen LogP contribution in [0.1, 0.15) is 18.2 Å². The van der Waals surface area contributed by atoms with Crippen LogP contribution in [0.2, 0.25) is 5.02 Å². The van der Waals surface area contributed by atoms with E-state index < -0.39 is 17.2 Å². The molecular formula is C18H18ClF2N5O2. The predicted molar refractivity (Wildman–Crippen MR) is 101 cm³/mol. The number of aromatic nitrogens is 4. The van der Waals surface area contributed by atoms with E-state index in [4.69, 9.17) is 16.3 Å². The molecule has 0 fully saturated rings. The third-order valence-corrected chi connectivity index (χ3v) is 4.58. The van der Waals surface area contributed by atoms with Crippen molar-refractivity contribution < 1.29 is 13.5 Å². The van der Waals surface area contributed by atoms with Gasteiger partial charge in [0.1, 0.15) is 16.5 Å². The number of aryl methyl sites for hydroxylation is 2. The highest BCUT2D eigenvalue weighted by atomic mass is 35.5. The third-order valence-electron chi connectivity index (χ3n) is 4.21. The number of ether oxygens (including phenoxy) is 1. The molecule has 1 N–H and O–H groups in total. The Bertz CT molecular complexity index is 1080. The summed E-state index contributed by atoms with van der Waals surface area (Å²) in [7, 11) is 3.32. The van der Waals surface area contributed by atoms with E-state index in [1.807, 2.05) is 6.92 Å². The lowest BCUT2D eigenvalue weighted by Crippen LogP contribution is -2.23. The second-order valence-corrected chi connectivity index (χ2v) is 6.33. The van der Waals surface area contributed by atoms with Gasteiger partial charge in [0.25, 0.3) is 5.56 Å². The summed E-state index contributed by atoms with van der Waals surface area (Å²) in [5.74, 6) is -1.08. The fourth-order valence-electron chi connectivity index (χ4n) is 2.89. The van der Waals surface area contributed by atoms with Crippen molar-refractivity contribution in [2.75, 3.05) is 12.4 Å². The zero-order valence-electron chi connectivity index (χ0n) is 15.5. The van der Waals surface area contributed by atoms with Crippen molar-refractivity contribution >= 4 is 17.3 Å². The molecule has 0 saturated heterocycles. The van der Waals surface area contributed by atoms with Crippen LogP contribution in [0, 0.1) is 11.6 Å². The predicted octanol–water partition coefficient (Wildman–Crippen LogP) is 3.08. The molecule has 2 aromatic heterocycles. The number of rotatable bonds is 6. The van der Waals surface area contributed by atoms with E-state index in [-0.39, 0.29) is 16.4 Å². The monoisotopic (exact) mass is 409 g/mol. The molecule has 0 amide bonds. The van der Waals surface area contributed by atoms with Gasteiger partial charge in [-0.15, -0.1) is 0 Å². The van der Waals surface area contributed by atoms with Gasteiger partial charge in [0.15, 0.2) is 5.82 Å². The molecule has 10 heteroatoms. The van der Waals surface area contributed by atoms with Gasteiger partial charge in [-0.3, -0.25) is 4.79 Å². The maximum absolute atomic E-state index is 14.0. The second-order valence-electron chi connectivity index (χ2n) is 5.95. The van der Waals surface area contributed by atoms with Gasteiger partial charge in [-0.25, -0.2) is 13.5 Å². The summed E-state index contributed by atoms with van der Waals surface area (Å²) < 4.78 is 34.8. The van der Waals surface area contributed by atoms with Crippen LogP contribution in [0.5, 0.6) is 5.88 Å². The van der Waals surface area contributed by atoms with Crippen LogP contribution in [-0.2, 0) is 20.0 Å².